The minimum absolute atomic E-state index is 0.444. The number of unbranched alkanes of at least 4 members (excludes halogenated alkanes) is 1. The average Bonchev–Trinajstić information content (AvgIpc) is 2.45. The molecule has 1 heterocycles. The van der Waals surface area contributed by atoms with E-state index in [0.717, 1.165) is 23.5 Å². The summed E-state index contributed by atoms with van der Waals surface area (Å²) in [6.07, 6.45) is 6.96. The van der Waals surface area contributed by atoms with Gasteiger partial charge in [0.25, 0.3) is 0 Å². The monoisotopic (exact) mass is 192 g/mol. The first-order valence-electron chi connectivity index (χ1n) is 4.83. The van der Waals surface area contributed by atoms with E-state index >= 15 is 0 Å². The van der Waals surface area contributed by atoms with Crippen molar-refractivity contribution in [1.29, 1.82) is 0 Å². The second-order valence-electron chi connectivity index (χ2n) is 3.48. The zero-order valence-electron chi connectivity index (χ0n) is 8.71. The third-order valence-electron chi connectivity index (χ3n) is 2.24. The van der Waals surface area contributed by atoms with Crippen LogP contribution in [0.3, 0.4) is 0 Å². The molecule has 1 unspecified atom stereocenters. The van der Waals surface area contributed by atoms with E-state index in [2.05, 4.69) is 5.92 Å². The molecule has 0 saturated heterocycles. The Hall–Kier alpha value is -1.20. The topological polar surface area (TPSA) is 33.4 Å². The predicted molar refractivity (Wildman–Crippen MR) is 55.8 cm³/mol. The van der Waals surface area contributed by atoms with Crippen molar-refractivity contribution in [2.75, 3.05) is 0 Å². The van der Waals surface area contributed by atoms with Gasteiger partial charge in [-0.2, -0.15) is 0 Å². The van der Waals surface area contributed by atoms with Crippen LogP contribution in [0.1, 0.15) is 42.5 Å². The fourth-order valence-corrected chi connectivity index (χ4v) is 1.53. The van der Waals surface area contributed by atoms with Crippen molar-refractivity contribution in [3.63, 3.8) is 0 Å². The molecule has 14 heavy (non-hydrogen) atoms. The number of aryl methyl sites for hydroxylation is 2. The van der Waals surface area contributed by atoms with Crippen LogP contribution in [0.4, 0.5) is 0 Å². The highest BCUT2D eigenvalue weighted by atomic mass is 16.3. The maximum absolute atomic E-state index is 9.81. The van der Waals surface area contributed by atoms with Crippen molar-refractivity contribution in [3.05, 3.63) is 23.2 Å². The first-order valence-corrected chi connectivity index (χ1v) is 4.83. The van der Waals surface area contributed by atoms with Crippen molar-refractivity contribution < 1.29 is 9.52 Å². The average molecular weight is 192 g/mol. The van der Waals surface area contributed by atoms with Crippen molar-refractivity contribution in [3.8, 4) is 12.3 Å². The Labute approximate surface area is 84.9 Å². The van der Waals surface area contributed by atoms with Crippen molar-refractivity contribution in [1.82, 2.24) is 0 Å². The second-order valence-corrected chi connectivity index (χ2v) is 3.48. The molecule has 0 aliphatic carbocycles. The summed E-state index contributed by atoms with van der Waals surface area (Å²) in [5.41, 5.74) is 0.888. The molecule has 1 aromatic heterocycles. The molecule has 0 amide bonds. The summed E-state index contributed by atoms with van der Waals surface area (Å²) < 4.78 is 5.34. The molecule has 0 bridgehead atoms. The smallest absolute Gasteiger partial charge is 0.106 e. The van der Waals surface area contributed by atoms with Crippen LogP contribution in [0, 0.1) is 26.2 Å². The van der Waals surface area contributed by atoms with E-state index in [4.69, 9.17) is 10.8 Å². The Morgan fingerprint density at radius 3 is 2.79 bits per heavy atom. The molecule has 2 nitrogen and oxygen atoms in total. The van der Waals surface area contributed by atoms with Gasteiger partial charge < -0.3 is 9.52 Å². The second kappa shape index (κ2) is 4.88. The first-order chi connectivity index (χ1) is 6.65. The van der Waals surface area contributed by atoms with E-state index in [-0.39, 0.29) is 0 Å². The molecular weight excluding hydrogens is 176 g/mol. The lowest BCUT2D eigenvalue weighted by atomic mass is 10.0. The normalized spacial score (nSPS) is 12.4. The summed E-state index contributed by atoms with van der Waals surface area (Å²) >= 11 is 0. The summed E-state index contributed by atoms with van der Waals surface area (Å²) in [5, 5.41) is 9.81. The third-order valence-corrected chi connectivity index (χ3v) is 2.24. The SMILES string of the molecule is C#CCCCC(O)c1cc(C)oc1C. The molecule has 0 aromatic carbocycles. The van der Waals surface area contributed by atoms with Gasteiger partial charge in [-0.1, -0.05) is 0 Å². The van der Waals surface area contributed by atoms with Crippen LogP contribution < -0.4 is 0 Å². The van der Waals surface area contributed by atoms with Gasteiger partial charge in [-0.3, -0.25) is 0 Å². The summed E-state index contributed by atoms with van der Waals surface area (Å²) in [5.74, 6) is 4.20. The lowest BCUT2D eigenvalue weighted by molar-refractivity contribution is 0.163. The zero-order valence-corrected chi connectivity index (χ0v) is 8.71. The van der Waals surface area contributed by atoms with Crippen molar-refractivity contribution >= 4 is 0 Å². The first kappa shape index (κ1) is 10.9. The lowest BCUT2D eigenvalue weighted by Gasteiger charge is -2.07. The minimum Gasteiger partial charge on any atom is -0.466 e. The molecule has 1 atom stereocenters. The van der Waals surface area contributed by atoms with Gasteiger partial charge in [0.2, 0.25) is 0 Å². The van der Waals surface area contributed by atoms with Gasteiger partial charge in [-0.15, -0.1) is 12.3 Å². The van der Waals surface area contributed by atoms with Crippen LogP contribution in [0.25, 0.3) is 0 Å². The van der Waals surface area contributed by atoms with Gasteiger partial charge in [-0.25, -0.2) is 0 Å². The van der Waals surface area contributed by atoms with Crippen LogP contribution in [0.5, 0.6) is 0 Å². The minimum atomic E-state index is -0.444. The summed E-state index contributed by atoms with van der Waals surface area (Å²) in [7, 11) is 0. The molecule has 1 N–H and O–H groups in total. The Morgan fingerprint density at radius 1 is 1.57 bits per heavy atom. The number of hydrogen-bond donors (Lipinski definition) is 1. The zero-order chi connectivity index (χ0) is 10.6. The van der Waals surface area contributed by atoms with Crippen LogP contribution in [-0.4, -0.2) is 5.11 Å². The summed E-state index contributed by atoms with van der Waals surface area (Å²) in [6, 6.07) is 1.88. The summed E-state index contributed by atoms with van der Waals surface area (Å²) in [6.45, 7) is 3.75. The standard InChI is InChI=1S/C12H16O2/c1-4-5-6-7-12(13)11-8-9(2)14-10(11)3/h1,8,12-13H,5-7H2,2-3H3. The van der Waals surface area contributed by atoms with Crippen LogP contribution in [-0.2, 0) is 0 Å². The fourth-order valence-electron chi connectivity index (χ4n) is 1.53. The highest BCUT2D eigenvalue weighted by Gasteiger charge is 2.13. The number of hydrogen-bond acceptors (Lipinski definition) is 2. The number of terminal acetylenes is 1. The van der Waals surface area contributed by atoms with Crippen LogP contribution in [0.15, 0.2) is 10.5 Å². The van der Waals surface area contributed by atoms with Gasteiger partial charge in [-0.05, 0) is 32.8 Å². The predicted octanol–water partition coefficient (Wildman–Crippen LogP) is 2.73. The molecule has 2 heteroatoms. The Kier molecular flexibility index (Phi) is 3.79. The van der Waals surface area contributed by atoms with Gasteiger partial charge >= 0.3 is 0 Å². The molecule has 0 aliphatic heterocycles. The molecular formula is C12H16O2. The Morgan fingerprint density at radius 2 is 2.29 bits per heavy atom. The van der Waals surface area contributed by atoms with E-state index in [0.29, 0.717) is 12.8 Å². The Balaban J connectivity index is 2.56. The van der Waals surface area contributed by atoms with Crippen molar-refractivity contribution in [2.45, 2.75) is 39.2 Å². The lowest BCUT2D eigenvalue weighted by Crippen LogP contribution is -1.97. The Bertz CT molecular complexity index is 331. The highest BCUT2D eigenvalue weighted by molar-refractivity contribution is 5.22. The molecule has 0 radical (unpaired) electrons. The van der Waals surface area contributed by atoms with Gasteiger partial charge in [0.1, 0.15) is 11.5 Å². The van der Waals surface area contributed by atoms with Gasteiger partial charge in [0, 0.05) is 12.0 Å². The van der Waals surface area contributed by atoms with Gasteiger partial charge in [0.15, 0.2) is 0 Å². The maximum atomic E-state index is 9.81. The largest absolute Gasteiger partial charge is 0.466 e. The number of furan rings is 1. The fraction of sp³-hybridized carbons (Fsp3) is 0.500. The molecule has 0 fully saturated rings. The quantitative estimate of drug-likeness (QED) is 0.587. The number of aliphatic hydroxyl groups excluding tert-OH is 1. The van der Waals surface area contributed by atoms with Crippen molar-refractivity contribution in [2.24, 2.45) is 0 Å². The van der Waals surface area contributed by atoms with Gasteiger partial charge in [0.05, 0.1) is 6.10 Å². The van der Waals surface area contributed by atoms with E-state index in [9.17, 15) is 5.11 Å². The molecule has 76 valence electrons. The number of aliphatic hydroxyl groups is 1. The van der Waals surface area contributed by atoms with E-state index in [1.54, 1.807) is 0 Å². The van der Waals surface area contributed by atoms with Crippen LogP contribution in [0.2, 0.25) is 0 Å². The maximum Gasteiger partial charge on any atom is 0.106 e. The third kappa shape index (κ3) is 2.65. The molecule has 0 aliphatic rings. The molecule has 1 rings (SSSR count). The molecule has 0 saturated carbocycles. The van der Waals surface area contributed by atoms with E-state index in [1.165, 1.54) is 0 Å². The molecule has 1 aromatic rings. The van der Waals surface area contributed by atoms with E-state index < -0.39 is 6.10 Å². The number of rotatable bonds is 4. The van der Waals surface area contributed by atoms with Crippen LogP contribution >= 0.6 is 0 Å². The van der Waals surface area contributed by atoms with E-state index in [1.807, 2.05) is 19.9 Å². The summed E-state index contributed by atoms with van der Waals surface area (Å²) in [4.78, 5) is 0. The molecule has 0 spiro atoms. The highest BCUT2D eigenvalue weighted by Crippen LogP contribution is 2.25.